The van der Waals surface area contributed by atoms with Crippen LogP contribution >= 0.6 is 11.3 Å². The fourth-order valence-electron chi connectivity index (χ4n) is 4.69. The van der Waals surface area contributed by atoms with Crippen molar-refractivity contribution in [1.82, 2.24) is 0 Å². The molecule has 118 valence electrons. The molecule has 0 spiro atoms. The van der Waals surface area contributed by atoms with Crippen LogP contribution in [0.4, 0.5) is 5.00 Å². The van der Waals surface area contributed by atoms with Gasteiger partial charge in [0.1, 0.15) is 5.00 Å². The number of hydrogen-bond donors (Lipinski definition) is 2. The minimum Gasteiger partial charge on any atom is -0.365 e. The summed E-state index contributed by atoms with van der Waals surface area (Å²) in [6.45, 7) is 0. The molecule has 2 amide bonds. The summed E-state index contributed by atoms with van der Waals surface area (Å²) < 4.78 is 0. The second-order valence-electron chi connectivity index (χ2n) is 7.05. The average Bonchev–Trinajstić information content (AvgIpc) is 3.19. The van der Waals surface area contributed by atoms with E-state index in [0.717, 1.165) is 43.6 Å². The summed E-state index contributed by atoms with van der Waals surface area (Å²) in [5.74, 6) is 1.14. The van der Waals surface area contributed by atoms with Gasteiger partial charge in [0.05, 0.1) is 5.56 Å². The van der Waals surface area contributed by atoms with Gasteiger partial charge >= 0.3 is 0 Å². The number of thiophene rings is 1. The highest BCUT2D eigenvalue weighted by atomic mass is 32.1. The van der Waals surface area contributed by atoms with Crippen molar-refractivity contribution in [1.29, 1.82) is 0 Å². The number of nitrogens with one attached hydrogen (secondary N) is 1. The second kappa shape index (κ2) is 5.37. The fraction of sp³-hybridized carbons (Fsp3) is 0.647. The van der Waals surface area contributed by atoms with Crippen LogP contribution in [0.15, 0.2) is 0 Å². The van der Waals surface area contributed by atoms with Crippen molar-refractivity contribution in [3.8, 4) is 0 Å². The Kier molecular flexibility index (Phi) is 3.48. The first-order valence-electron chi connectivity index (χ1n) is 8.38. The van der Waals surface area contributed by atoms with E-state index < -0.39 is 5.91 Å². The topological polar surface area (TPSA) is 72.2 Å². The Morgan fingerprint density at radius 2 is 1.95 bits per heavy atom. The van der Waals surface area contributed by atoms with Gasteiger partial charge in [-0.05, 0) is 62.3 Å². The van der Waals surface area contributed by atoms with Gasteiger partial charge in [-0.1, -0.05) is 6.42 Å². The Morgan fingerprint density at radius 3 is 2.64 bits per heavy atom. The summed E-state index contributed by atoms with van der Waals surface area (Å²) in [6, 6.07) is 0. The van der Waals surface area contributed by atoms with E-state index in [1.807, 2.05) is 0 Å². The minimum atomic E-state index is -0.400. The van der Waals surface area contributed by atoms with E-state index >= 15 is 0 Å². The number of anilines is 1. The third-order valence-electron chi connectivity index (χ3n) is 5.73. The second-order valence-corrected chi connectivity index (χ2v) is 8.16. The molecule has 0 aromatic carbocycles. The van der Waals surface area contributed by atoms with Crippen LogP contribution in [0.5, 0.6) is 0 Å². The van der Waals surface area contributed by atoms with Gasteiger partial charge in [-0.15, -0.1) is 11.3 Å². The van der Waals surface area contributed by atoms with E-state index in [4.69, 9.17) is 5.73 Å². The van der Waals surface area contributed by atoms with E-state index in [9.17, 15) is 9.59 Å². The normalized spacial score (nSPS) is 29.4. The number of primary amides is 1. The highest BCUT2D eigenvalue weighted by Gasteiger charge is 2.43. The first-order chi connectivity index (χ1) is 10.6. The maximum absolute atomic E-state index is 12.6. The summed E-state index contributed by atoms with van der Waals surface area (Å²) in [5, 5.41) is 3.76. The smallest absolute Gasteiger partial charge is 0.251 e. The molecule has 5 heteroatoms. The fourth-order valence-corrected chi connectivity index (χ4v) is 5.98. The maximum atomic E-state index is 12.6. The van der Waals surface area contributed by atoms with Crippen LogP contribution in [-0.2, 0) is 17.6 Å². The van der Waals surface area contributed by atoms with Crippen LogP contribution in [0.1, 0.15) is 59.3 Å². The average molecular weight is 318 g/mol. The number of fused-ring (bicyclic) bond motifs is 3. The molecule has 3 aliphatic carbocycles. The number of hydrogen-bond acceptors (Lipinski definition) is 3. The van der Waals surface area contributed by atoms with E-state index in [0.29, 0.717) is 16.5 Å². The van der Waals surface area contributed by atoms with Gasteiger partial charge in [-0.2, -0.15) is 0 Å². The zero-order valence-electron chi connectivity index (χ0n) is 12.7. The molecular weight excluding hydrogens is 296 g/mol. The van der Waals surface area contributed by atoms with Gasteiger partial charge in [0.25, 0.3) is 5.91 Å². The summed E-state index contributed by atoms with van der Waals surface area (Å²) in [5.41, 5.74) is 7.26. The van der Waals surface area contributed by atoms with Crippen molar-refractivity contribution < 1.29 is 9.59 Å². The van der Waals surface area contributed by atoms with Crippen LogP contribution in [0.25, 0.3) is 0 Å². The molecule has 3 N–H and O–H groups in total. The molecular formula is C17H22N2O2S. The van der Waals surface area contributed by atoms with Crippen LogP contribution in [0.2, 0.25) is 0 Å². The quantitative estimate of drug-likeness (QED) is 0.899. The predicted molar refractivity (Wildman–Crippen MR) is 87.0 cm³/mol. The third-order valence-corrected chi connectivity index (χ3v) is 6.94. The lowest BCUT2D eigenvalue weighted by Gasteiger charge is -2.20. The van der Waals surface area contributed by atoms with Crippen LogP contribution in [0, 0.1) is 17.8 Å². The van der Waals surface area contributed by atoms with Gasteiger partial charge < -0.3 is 11.1 Å². The maximum Gasteiger partial charge on any atom is 0.251 e. The number of nitrogens with two attached hydrogens (primary N) is 1. The number of aryl methyl sites for hydroxylation is 1. The zero-order valence-corrected chi connectivity index (χ0v) is 13.5. The van der Waals surface area contributed by atoms with E-state index in [2.05, 4.69) is 5.32 Å². The largest absolute Gasteiger partial charge is 0.365 e. The molecule has 0 aliphatic heterocycles. The standard InChI is InChI=1S/C17H22N2O2S/c18-15(20)14-11-3-1-2-4-13(11)22-17(14)19-16(21)12-8-9-5-6-10(12)7-9/h9-10,12H,1-8H2,(H2,18,20)(H,19,21)/t9-,10+,12+/m1/s1. The minimum absolute atomic E-state index is 0.105. The van der Waals surface area contributed by atoms with Crippen molar-refractivity contribution in [2.24, 2.45) is 23.5 Å². The van der Waals surface area contributed by atoms with Gasteiger partial charge in [-0.3, -0.25) is 9.59 Å². The Bertz CT molecular complexity index is 637. The molecule has 2 saturated carbocycles. The monoisotopic (exact) mass is 318 g/mol. The lowest BCUT2D eigenvalue weighted by molar-refractivity contribution is -0.121. The highest BCUT2D eigenvalue weighted by molar-refractivity contribution is 7.17. The number of amides is 2. The summed E-state index contributed by atoms with van der Waals surface area (Å²) in [4.78, 5) is 25.7. The molecule has 4 nitrogen and oxygen atoms in total. The van der Waals surface area contributed by atoms with Gasteiger partial charge in [0.2, 0.25) is 5.91 Å². The van der Waals surface area contributed by atoms with Crippen molar-refractivity contribution in [3.63, 3.8) is 0 Å². The number of carbonyl (C=O) groups is 2. The van der Waals surface area contributed by atoms with Crippen LogP contribution in [0.3, 0.4) is 0 Å². The van der Waals surface area contributed by atoms with Crippen molar-refractivity contribution in [2.75, 3.05) is 5.32 Å². The van der Waals surface area contributed by atoms with E-state index in [1.165, 1.54) is 24.1 Å². The van der Waals surface area contributed by atoms with Crippen molar-refractivity contribution >= 4 is 28.2 Å². The van der Waals surface area contributed by atoms with E-state index in [-0.39, 0.29) is 11.8 Å². The molecule has 4 rings (SSSR count). The molecule has 0 radical (unpaired) electrons. The molecule has 1 heterocycles. The summed E-state index contributed by atoms with van der Waals surface area (Å²) in [7, 11) is 0. The summed E-state index contributed by atoms with van der Waals surface area (Å²) in [6.07, 6.45) is 8.88. The zero-order chi connectivity index (χ0) is 15.3. The Labute approximate surface area is 134 Å². The first-order valence-corrected chi connectivity index (χ1v) is 9.20. The van der Waals surface area contributed by atoms with Crippen LogP contribution in [-0.4, -0.2) is 11.8 Å². The Morgan fingerprint density at radius 1 is 1.14 bits per heavy atom. The van der Waals surface area contributed by atoms with Crippen molar-refractivity contribution in [3.05, 3.63) is 16.0 Å². The molecule has 2 bridgehead atoms. The molecule has 3 atom stereocenters. The highest BCUT2D eigenvalue weighted by Crippen LogP contribution is 2.49. The van der Waals surface area contributed by atoms with Gasteiger partial charge in [0.15, 0.2) is 0 Å². The lowest BCUT2D eigenvalue weighted by atomic mass is 9.88. The molecule has 22 heavy (non-hydrogen) atoms. The Balaban J connectivity index is 1.58. The number of rotatable bonds is 3. The number of carbonyl (C=O) groups excluding carboxylic acids is 2. The van der Waals surface area contributed by atoms with Crippen LogP contribution < -0.4 is 11.1 Å². The molecule has 1 aromatic heterocycles. The lowest BCUT2D eigenvalue weighted by Crippen LogP contribution is -2.28. The third kappa shape index (κ3) is 2.26. The molecule has 3 aliphatic rings. The Hall–Kier alpha value is -1.36. The predicted octanol–water partition coefficient (Wildman–Crippen LogP) is 3.10. The summed E-state index contributed by atoms with van der Waals surface area (Å²) >= 11 is 1.56. The molecule has 0 unspecified atom stereocenters. The van der Waals surface area contributed by atoms with E-state index in [1.54, 1.807) is 11.3 Å². The SMILES string of the molecule is NC(=O)c1c(NC(=O)[C@H]2C[C@@H]3CC[C@H]2C3)sc2c1CCCC2. The van der Waals surface area contributed by atoms with Gasteiger partial charge in [-0.25, -0.2) is 0 Å². The van der Waals surface area contributed by atoms with Gasteiger partial charge in [0, 0.05) is 10.8 Å². The first kappa shape index (κ1) is 14.2. The molecule has 0 saturated heterocycles. The van der Waals surface area contributed by atoms with Crippen molar-refractivity contribution in [2.45, 2.75) is 51.4 Å². The molecule has 1 aromatic rings. The molecule has 2 fully saturated rings.